The fourth-order valence-corrected chi connectivity index (χ4v) is 2.64. The SMILES string of the molecule is [K+].[NH-]C(C=O)CSc1ccc(SCC([NH-])C=O)cc1.[Y]. The molecule has 0 bridgehead atoms. The molecule has 0 saturated heterocycles. The quantitative estimate of drug-likeness (QED) is 0.346. The van der Waals surface area contributed by atoms with E-state index in [0.717, 1.165) is 9.79 Å². The van der Waals surface area contributed by atoms with Gasteiger partial charge in [-0.05, 0) is 35.8 Å². The first-order valence-electron chi connectivity index (χ1n) is 5.34. The van der Waals surface area contributed by atoms with Crippen molar-refractivity contribution in [3.8, 4) is 0 Å². The van der Waals surface area contributed by atoms with Crippen LogP contribution >= 0.6 is 23.5 Å². The van der Waals surface area contributed by atoms with Crippen LogP contribution in [0.25, 0.3) is 11.5 Å². The van der Waals surface area contributed by atoms with E-state index in [1.165, 1.54) is 23.5 Å². The minimum atomic E-state index is -0.680. The van der Waals surface area contributed by atoms with Crippen molar-refractivity contribution in [3.05, 3.63) is 35.7 Å². The molecule has 101 valence electrons. The summed E-state index contributed by atoms with van der Waals surface area (Å²) < 4.78 is 0. The summed E-state index contributed by atoms with van der Waals surface area (Å²) in [4.78, 5) is 22.6. The Bertz CT molecular complexity index is 359. The molecule has 0 fully saturated rings. The smallest absolute Gasteiger partial charge is 0.668 e. The van der Waals surface area contributed by atoms with E-state index in [2.05, 4.69) is 0 Å². The summed E-state index contributed by atoms with van der Waals surface area (Å²) in [5.74, 6) is 0.909. The van der Waals surface area contributed by atoms with E-state index in [-0.39, 0.29) is 84.1 Å². The summed E-state index contributed by atoms with van der Waals surface area (Å²) in [7, 11) is 0. The second-order valence-electron chi connectivity index (χ2n) is 3.58. The molecule has 2 unspecified atom stereocenters. The monoisotopic (exact) mass is 410 g/mol. The standard InChI is InChI=1S/C12H14N2O2S2.K.Y/c13-9(5-15)7-17-11-1-2-12(4-3-11)18-8-10(14)6-16;;/h1-6,9-10,13-14H,7-8H2;;/q-2;+1;. The molecule has 0 amide bonds. The van der Waals surface area contributed by atoms with Gasteiger partial charge in [0.05, 0.1) is 0 Å². The van der Waals surface area contributed by atoms with Gasteiger partial charge in [0, 0.05) is 42.5 Å². The molecule has 0 saturated carbocycles. The van der Waals surface area contributed by atoms with E-state index in [9.17, 15) is 9.59 Å². The average Bonchev–Trinajstić information content (AvgIpc) is 2.43. The van der Waals surface area contributed by atoms with Crippen molar-refractivity contribution in [2.45, 2.75) is 21.9 Å². The second kappa shape index (κ2) is 14.5. The second-order valence-corrected chi connectivity index (χ2v) is 5.77. The van der Waals surface area contributed by atoms with Gasteiger partial charge in [-0.1, -0.05) is 12.1 Å². The molecule has 20 heavy (non-hydrogen) atoms. The summed E-state index contributed by atoms with van der Waals surface area (Å²) in [6.45, 7) is 0. The van der Waals surface area contributed by atoms with Gasteiger partial charge < -0.3 is 21.1 Å². The van der Waals surface area contributed by atoms with Gasteiger partial charge >= 0.3 is 51.4 Å². The molecule has 2 N–H and O–H groups in total. The Balaban J connectivity index is 0. The molecule has 0 aliphatic carbocycles. The molecule has 0 heterocycles. The molecular weight excluding hydrogens is 396 g/mol. The Morgan fingerprint density at radius 1 is 0.900 bits per heavy atom. The maximum absolute atomic E-state index is 10.3. The van der Waals surface area contributed by atoms with Crippen LogP contribution in [0.15, 0.2) is 34.1 Å². The fourth-order valence-electron chi connectivity index (χ4n) is 1.08. The van der Waals surface area contributed by atoms with Crippen molar-refractivity contribution >= 4 is 36.1 Å². The van der Waals surface area contributed by atoms with Crippen LogP contribution in [-0.4, -0.2) is 36.2 Å². The van der Waals surface area contributed by atoms with Gasteiger partial charge in [0.2, 0.25) is 0 Å². The zero-order valence-electron chi connectivity index (χ0n) is 11.2. The van der Waals surface area contributed by atoms with Crippen LogP contribution in [0, 0.1) is 0 Å². The Morgan fingerprint density at radius 2 is 1.20 bits per heavy atom. The van der Waals surface area contributed by atoms with E-state index < -0.39 is 12.1 Å². The third-order valence-electron chi connectivity index (χ3n) is 2.01. The van der Waals surface area contributed by atoms with Gasteiger partial charge in [0.15, 0.2) is 0 Å². The van der Waals surface area contributed by atoms with Crippen molar-refractivity contribution in [3.63, 3.8) is 0 Å². The van der Waals surface area contributed by atoms with Crippen LogP contribution in [0.2, 0.25) is 0 Å². The van der Waals surface area contributed by atoms with Crippen LogP contribution in [0.3, 0.4) is 0 Å². The number of benzene rings is 1. The topological polar surface area (TPSA) is 81.7 Å². The fraction of sp³-hybridized carbons (Fsp3) is 0.333. The zero-order valence-corrected chi connectivity index (χ0v) is 18.8. The predicted octanol–water partition coefficient (Wildman–Crippen LogP) is 0.112. The van der Waals surface area contributed by atoms with Gasteiger partial charge in [-0.3, -0.25) is 0 Å². The van der Waals surface area contributed by atoms with E-state index in [1.54, 1.807) is 0 Å². The van der Waals surface area contributed by atoms with Gasteiger partial charge in [0.1, 0.15) is 12.6 Å². The van der Waals surface area contributed by atoms with E-state index >= 15 is 0 Å². The molecule has 8 heteroatoms. The molecular formula is C12H14KN2O2S2Y-. The van der Waals surface area contributed by atoms with Crippen molar-refractivity contribution in [1.29, 1.82) is 0 Å². The van der Waals surface area contributed by atoms with E-state index in [1.807, 2.05) is 24.3 Å². The third-order valence-corrected chi connectivity index (χ3v) is 4.27. The average molecular weight is 410 g/mol. The molecule has 1 aromatic carbocycles. The molecule has 2 atom stereocenters. The largest absolute Gasteiger partial charge is 1.00 e. The van der Waals surface area contributed by atoms with E-state index in [0.29, 0.717) is 24.1 Å². The first-order chi connectivity index (χ1) is 8.65. The number of carbonyl (C=O) groups excluding carboxylic acids is 2. The first-order valence-corrected chi connectivity index (χ1v) is 7.31. The van der Waals surface area contributed by atoms with E-state index in [4.69, 9.17) is 11.5 Å². The van der Waals surface area contributed by atoms with Crippen LogP contribution in [0.4, 0.5) is 0 Å². The summed E-state index contributed by atoms with van der Waals surface area (Å²) in [6, 6.07) is 6.32. The summed E-state index contributed by atoms with van der Waals surface area (Å²) in [5.41, 5.74) is 14.6. The summed E-state index contributed by atoms with van der Waals surface area (Å²) in [5, 5.41) is 0. The Morgan fingerprint density at radius 3 is 1.45 bits per heavy atom. The number of hydrogen-bond acceptors (Lipinski definition) is 4. The molecule has 0 aromatic heterocycles. The molecule has 0 aliphatic heterocycles. The number of thioether (sulfide) groups is 2. The van der Waals surface area contributed by atoms with Crippen molar-refractivity contribution in [2.24, 2.45) is 0 Å². The molecule has 0 spiro atoms. The third kappa shape index (κ3) is 10.6. The molecule has 4 nitrogen and oxygen atoms in total. The minimum absolute atomic E-state index is 0. The predicted molar refractivity (Wildman–Crippen MR) is 76.2 cm³/mol. The number of carbonyl (C=O) groups is 2. The molecule has 0 aliphatic rings. The normalized spacial score (nSPS) is 12.5. The van der Waals surface area contributed by atoms with Crippen molar-refractivity contribution in [2.75, 3.05) is 11.5 Å². The summed E-state index contributed by atoms with van der Waals surface area (Å²) >= 11 is 2.94. The van der Waals surface area contributed by atoms with Crippen LogP contribution < -0.4 is 51.4 Å². The van der Waals surface area contributed by atoms with Crippen molar-refractivity contribution in [1.82, 2.24) is 0 Å². The molecule has 1 aromatic rings. The van der Waals surface area contributed by atoms with Crippen molar-refractivity contribution < 1.29 is 93.7 Å². The maximum atomic E-state index is 10.3. The van der Waals surface area contributed by atoms with Gasteiger partial charge in [0.25, 0.3) is 0 Å². The van der Waals surface area contributed by atoms with Crippen LogP contribution in [-0.2, 0) is 42.3 Å². The van der Waals surface area contributed by atoms with Crippen LogP contribution in [0.1, 0.15) is 0 Å². The first kappa shape index (κ1) is 24.2. The Labute approximate surface area is 195 Å². The van der Waals surface area contributed by atoms with Gasteiger partial charge in [-0.2, -0.15) is 0 Å². The van der Waals surface area contributed by atoms with Crippen LogP contribution in [0.5, 0.6) is 0 Å². The number of aldehydes is 2. The zero-order chi connectivity index (χ0) is 13.4. The van der Waals surface area contributed by atoms with Gasteiger partial charge in [-0.25, -0.2) is 0 Å². The molecule has 1 radical (unpaired) electrons. The number of nitrogens with one attached hydrogen (secondary N) is 2. The minimum Gasteiger partial charge on any atom is -0.668 e. The number of hydrogen-bond donors (Lipinski definition) is 0. The molecule has 1 rings (SSSR count). The Hall–Kier alpha value is 1.92. The van der Waals surface area contributed by atoms with Gasteiger partial charge in [-0.15, -0.1) is 23.5 Å². The summed E-state index contributed by atoms with van der Waals surface area (Å²) in [6.07, 6.45) is 1.26. The number of rotatable bonds is 8. The maximum Gasteiger partial charge on any atom is 1.00 e. The Kier molecular flexibility index (Phi) is 17.5.